The van der Waals surface area contributed by atoms with Crippen LogP contribution in [0.25, 0.3) is 0 Å². The van der Waals surface area contributed by atoms with Crippen LogP contribution in [0.1, 0.15) is 24.9 Å². The van der Waals surface area contributed by atoms with Gasteiger partial charge < -0.3 is 5.73 Å². The molecule has 2 rings (SSSR count). The summed E-state index contributed by atoms with van der Waals surface area (Å²) in [7, 11) is 0. The van der Waals surface area contributed by atoms with E-state index in [1.54, 1.807) is 0 Å². The third-order valence-corrected chi connectivity index (χ3v) is 3.14. The van der Waals surface area contributed by atoms with Gasteiger partial charge in [0.1, 0.15) is 5.82 Å². The van der Waals surface area contributed by atoms with Crippen molar-refractivity contribution in [1.29, 1.82) is 0 Å². The highest BCUT2D eigenvalue weighted by atomic mass is 16.2. The van der Waals surface area contributed by atoms with Gasteiger partial charge in [-0.1, -0.05) is 30.3 Å². The van der Waals surface area contributed by atoms with E-state index in [0.29, 0.717) is 0 Å². The number of aromatic nitrogens is 2. The van der Waals surface area contributed by atoms with E-state index in [0.717, 1.165) is 12.8 Å². The third kappa shape index (κ3) is 3.13. The minimum atomic E-state index is -0.464. The number of aromatic amines is 1. The number of H-pyrrole nitrogens is 1. The Hall–Kier alpha value is -2.30. The second-order valence-corrected chi connectivity index (χ2v) is 4.61. The Balaban J connectivity index is 2.15. The van der Waals surface area contributed by atoms with Crippen LogP contribution < -0.4 is 17.0 Å². The zero-order chi connectivity index (χ0) is 13.8. The monoisotopic (exact) mass is 259 g/mol. The fraction of sp³-hybridized carbons (Fsp3) is 0.286. The van der Waals surface area contributed by atoms with Crippen LogP contribution >= 0.6 is 0 Å². The molecular weight excluding hydrogens is 242 g/mol. The van der Waals surface area contributed by atoms with E-state index < -0.39 is 11.2 Å². The predicted molar refractivity (Wildman–Crippen MR) is 75.2 cm³/mol. The molecule has 5 nitrogen and oxygen atoms in total. The second kappa shape index (κ2) is 5.56. The summed E-state index contributed by atoms with van der Waals surface area (Å²) in [6.07, 6.45) is 1.63. The summed E-state index contributed by atoms with van der Waals surface area (Å²) in [5, 5.41) is 0. The quantitative estimate of drug-likeness (QED) is 0.868. The number of nitrogen functional groups attached to an aromatic ring is 1. The number of rotatable bonds is 4. The molecule has 0 fully saturated rings. The largest absolute Gasteiger partial charge is 0.385 e. The van der Waals surface area contributed by atoms with E-state index >= 15 is 0 Å². The van der Waals surface area contributed by atoms with Crippen molar-refractivity contribution in [3.8, 4) is 0 Å². The van der Waals surface area contributed by atoms with Crippen LogP contribution in [0.2, 0.25) is 0 Å². The van der Waals surface area contributed by atoms with Crippen LogP contribution in [-0.2, 0) is 6.42 Å². The van der Waals surface area contributed by atoms with Gasteiger partial charge in [-0.05, 0) is 25.3 Å². The lowest BCUT2D eigenvalue weighted by Gasteiger charge is -2.16. The maximum absolute atomic E-state index is 11.7. The fourth-order valence-electron chi connectivity index (χ4n) is 2.13. The molecule has 100 valence electrons. The van der Waals surface area contributed by atoms with Crippen molar-refractivity contribution >= 4 is 5.82 Å². The first-order chi connectivity index (χ1) is 9.08. The lowest BCUT2D eigenvalue weighted by Crippen LogP contribution is -2.33. The minimum Gasteiger partial charge on any atom is -0.385 e. The van der Waals surface area contributed by atoms with Crippen LogP contribution in [0, 0.1) is 0 Å². The van der Waals surface area contributed by atoms with Crippen molar-refractivity contribution in [3.05, 3.63) is 62.8 Å². The molecule has 0 bridgehead atoms. The zero-order valence-electron chi connectivity index (χ0n) is 10.8. The van der Waals surface area contributed by atoms with Gasteiger partial charge in [0.2, 0.25) is 0 Å². The van der Waals surface area contributed by atoms with Crippen LogP contribution in [0.4, 0.5) is 5.82 Å². The lowest BCUT2D eigenvalue weighted by molar-refractivity contribution is 0.489. The molecule has 1 heterocycles. The number of hydrogen-bond acceptors (Lipinski definition) is 3. The van der Waals surface area contributed by atoms with Crippen molar-refractivity contribution in [2.24, 2.45) is 0 Å². The van der Waals surface area contributed by atoms with E-state index in [-0.39, 0.29) is 11.9 Å². The molecule has 0 spiro atoms. The summed E-state index contributed by atoms with van der Waals surface area (Å²) in [5.74, 6) is 0.203. The zero-order valence-corrected chi connectivity index (χ0v) is 10.8. The molecule has 0 aliphatic carbocycles. The normalized spacial score (nSPS) is 12.3. The van der Waals surface area contributed by atoms with Gasteiger partial charge in [-0.2, -0.15) is 0 Å². The molecule has 0 saturated heterocycles. The Kier molecular flexibility index (Phi) is 3.85. The molecule has 0 radical (unpaired) electrons. The van der Waals surface area contributed by atoms with Crippen molar-refractivity contribution in [2.45, 2.75) is 25.8 Å². The predicted octanol–water partition coefficient (Wildman–Crippen LogP) is 1.31. The Labute approximate surface area is 110 Å². The molecule has 0 aliphatic rings. The Morgan fingerprint density at radius 1 is 1.26 bits per heavy atom. The third-order valence-electron chi connectivity index (χ3n) is 3.14. The highest BCUT2D eigenvalue weighted by molar-refractivity contribution is 5.27. The summed E-state index contributed by atoms with van der Waals surface area (Å²) in [5.41, 5.74) is 6.03. The standard InChI is InChI=1S/C14H17N3O2/c1-10(7-8-11-5-3-2-4-6-11)17-12(15)9-13(18)16-14(17)19/h2-6,9-10H,7-8,15H2,1H3,(H,16,18,19). The Bertz CT molecular complexity index is 658. The SMILES string of the molecule is CC(CCc1ccccc1)n1c(N)cc(=O)[nH]c1=O. The average Bonchev–Trinajstić information content (AvgIpc) is 2.36. The van der Waals surface area contributed by atoms with E-state index in [1.807, 2.05) is 37.3 Å². The summed E-state index contributed by atoms with van der Waals surface area (Å²) >= 11 is 0. The highest BCUT2D eigenvalue weighted by Crippen LogP contribution is 2.15. The molecule has 5 heteroatoms. The second-order valence-electron chi connectivity index (χ2n) is 4.61. The number of aryl methyl sites for hydroxylation is 1. The van der Waals surface area contributed by atoms with Crippen molar-refractivity contribution in [1.82, 2.24) is 9.55 Å². The molecule has 0 aliphatic heterocycles. The van der Waals surface area contributed by atoms with Crippen LogP contribution in [-0.4, -0.2) is 9.55 Å². The number of hydrogen-bond donors (Lipinski definition) is 2. The topological polar surface area (TPSA) is 80.9 Å². The lowest BCUT2D eigenvalue weighted by atomic mass is 10.1. The minimum absolute atomic E-state index is 0.0652. The average molecular weight is 259 g/mol. The van der Waals surface area contributed by atoms with Gasteiger partial charge in [0, 0.05) is 12.1 Å². The van der Waals surface area contributed by atoms with Gasteiger partial charge in [0.25, 0.3) is 5.56 Å². The summed E-state index contributed by atoms with van der Waals surface area (Å²) in [6.45, 7) is 1.92. The van der Waals surface area contributed by atoms with Gasteiger partial charge >= 0.3 is 5.69 Å². The van der Waals surface area contributed by atoms with E-state index in [4.69, 9.17) is 5.73 Å². The summed E-state index contributed by atoms with van der Waals surface area (Å²) in [6, 6.07) is 11.2. The first kappa shape index (κ1) is 13.1. The fourth-order valence-corrected chi connectivity index (χ4v) is 2.13. The highest BCUT2D eigenvalue weighted by Gasteiger charge is 2.10. The smallest absolute Gasteiger partial charge is 0.330 e. The number of nitrogens with zero attached hydrogens (tertiary/aromatic N) is 1. The van der Waals surface area contributed by atoms with Gasteiger partial charge in [-0.25, -0.2) is 4.79 Å². The number of nitrogens with one attached hydrogen (secondary N) is 1. The van der Waals surface area contributed by atoms with Gasteiger partial charge in [-0.3, -0.25) is 14.3 Å². The molecule has 3 N–H and O–H groups in total. The summed E-state index contributed by atoms with van der Waals surface area (Å²) in [4.78, 5) is 25.1. The van der Waals surface area contributed by atoms with Crippen LogP contribution in [0.15, 0.2) is 46.0 Å². The summed E-state index contributed by atoms with van der Waals surface area (Å²) < 4.78 is 1.42. The van der Waals surface area contributed by atoms with Crippen molar-refractivity contribution in [3.63, 3.8) is 0 Å². The molecule has 1 aromatic carbocycles. The van der Waals surface area contributed by atoms with Crippen molar-refractivity contribution in [2.75, 3.05) is 5.73 Å². The molecule has 2 aromatic rings. The van der Waals surface area contributed by atoms with E-state index in [2.05, 4.69) is 4.98 Å². The number of benzene rings is 1. The molecule has 1 unspecified atom stereocenters. The van der Waals surface area contributed by atoms with Crippen molar-refractivity contribution < 1.29 is 0 Å². The Morgan fingerprint density at radius 3 is 2.58 bits per heavy atom. The van der Waals surface area contributed by atoms with E-state index in [9.17, 15) is 9.59 Å². The first-order valence-electron chi connectivity index (χ1n) is 6.23. The Morgan fingerprint density at radius 2 is 1.95 bits per heavy atom. The maximum Gasteiger partial charge on any atom is 0.330 e. The molecular formula is C14H17N3O2. The molecule has 1 aromatic heterocycles. The van der Waals surface area contributed by atoms with Gasteiger partial charge in [0.15, 0.2) is 0 Å². The van der Waals surface area contributed by atoms with Crippen LogP contribution in [0.5, 0.6) is 0 Å². The number of anilines is 1. The molecule has 0 saturated carbocycles. The first-order valence-corrected chi connectivity index (χ1v) is 6.23. The van der Waals surface area contributed by atoms with Crippen LogP contribution in [0.3, 0.4) is 0 Å². The van der Waals surface area contributed by atoms with Gasteiger partial charge in [-0.15, -0.1) is 0 Å². The number of nitrogens with two attached hydrogens (primary N) is 1. The van der Waals surface area contributed by atoms with E-state index in [1.165, 1.54) is 16.2 Å². The maximum atomic E-state index is 11.7. The molecule has 19 heavy (non-hydrogen) atoms. The van der Waals surface area contributed by atoms with Gasteiger partial charge in [0.05, 0.1) is 0 Å². The molecule has 1 atom stereocenters. The molecule has 0 amide bonds.